The Bertz CT molecular complexity index is 535. The van der Waals surface area contributed by atoms with Gasteiger partial charge < -0.3 is 5.32 Å². The van der Waals surface area contributed by atoms with Gasteiger partial charge in [-0.25, -0.2) is 8.42 Å². The van der Waals surface area contributed by atoms with Crippen LogP contribution in [0.1, 0.15) is 38.7 Å². The Kier molecular flexibility index (Phi) is 4.83. The van der Waals surface area contributed by atoms with E-state index in [1.54, 1.807) is 19.2 Å². The second-order valence-electron chi connectivity index (χ2n) is 5.58. The van der Waals surface area contributed by atoms with Crippen molar-refractivity contribution in [3.05, 3.63) is 29.8 Å². The van der Waals surface area contributed by atoms with E-state index in [1.807, 2.05) is 26.0 Å². The van der Waals surface area contributed by atoms with Gasteiger partial charge in [0.2, 0.25) is 10.0 Å². The number of sulfonamides is 1. The van der Waals surface area contributed by atoms with Crippen LogP contribution >= 0.6 is 0 Å². The molecule has 5 heteroatoms. The van der Waals surface area contributed by atoms with Crippen LogP contribution in [0.3, 0.4) is 0 Å². The minimum atomic E-state index is -3.37. The summed E-state index contributed by atoms with van der Waals surface area (Å²) in [5, 5.41) is 3.42. The van der Waals surface area contributed by atoms with Gasteiger partial charge in [0, 0.05) is 25.7 Å². The van der Waals surface area contributed by atoms with Gasteiger partial charge in [0.1, 0.15) is 0 Å². The number of hydrogen-bond acceptors (Lipinski definition) is 3. The van der Waals surface area contributed by atoms with Crippen LogP contribution in [0.4, 0.5) is 0 Å². The molecule has 2 rings (SSSR count). The topological polar surface area (TPSA) is 49.4 Å². The van der Waals surface area contributed by atoms with Gasteiger partial charge in [-0.3, -0.25) is 0 Å². The molecule has 0 bridgehead atoms. The van der Waals surface area contributed by atoms with Gasteiger partial charge in [0.25, 0.3) is 0 Å². The summed E-state index contributed by atoms with van der Waals surface area (Å²) in [6, 6.07) is 7.88. The molecule has 0 saturated heterocycles. The van der Waals surface area contributed by atoms with Gasteiger partial charge >= 0.3 is 0 Å². The summed E-state index contributed by atoms with van der Waals surface area (Å²) in [5.41, 5.74) is 1.13. The maximum Gasteiger partial charge on any atom is 0.243 e. The highest BCUT2D eigenvalue weighted by Gasteiger charge is 2.24. The highest BCUT2D eigenvalue weighted by atomic mass is 32.2. The Balaban J connectivity index is 2.07. The molecule has 1 unspecified atom stereocenters. The Hall–Kier alpha value is -0.910. The fraction of sp³-hybridized carbons (Fsp3) is 0.600. The average Bonchev–Trinajstić information content (AvgIpc) is 3.28. The second-order valence-corrected chi connectivity index (χ2v) is 7.58. The number of rotatable bonds is 7. The number of benzene rings is 1. The molecule has 1 aromatic rings. The van der Waals surface area contributed by atoms with E-state index in [-0.39, 0.29) is 6.04 Å². The van der Waals surface area contributed by atoms with Crippen molar-refractivity contribution in [1.82, 2.24) is 9.62 Å². The molecule has 0 aromatic heterocycles. The lowest BCUT2D eigenvalue weighted by atomic mass is 10.2. The lowest BCUT2D eigenvalue weighted by molar-refractivity contribution is 0.380. The van der Waals surface area contributed by atoms with E-state index in [0.29, 0.717) is 10.9 Å². The van der Waals surface area contributed by atoms with Crippen LogP contribution in [0.25, 0.3) is 0 Å². The standard InChI is InChI=1S/C15H24N2O2S/c1-4-12(2)17(3)20(18,19)15-9-5-13(6-10-15)11-16-14-7-8-14/h5-6,9-10,12,14,16H,4,7-8,11H2,1-3H3. The molecule has 1 saturated carbocycles. The molecule has 0 aliphatic heterocycles. The zero-order valence-electron chi connectivity index (χ0n) is 12.5. The predicted octanol–water partition coefficient (Wildman–Crippen LogP) is 2.36. The van der Waals surface area contributed by atoms with E-state index >= 15 is 0 Å². The van der Waals surface area contributed by atoms with Gasteiger partial charge in [-0.2, -0.15) is 4.31 Å². The molecule has 0 heterocycles. The van der Waals surface area contributed by atoms with Crippen LogP contribution in [0.5, 0.6) is 0 Å². The van der Waals surface area contributed by atoms with E-state index in [2.05, 4.69) is 5.32 Å². The molecule has 1 aromatic carbocycles. The Labute approximate surface area is 122 Å². The molecule has 1 aliphatic rings. The summed E-state index contributed by atoms with van der Waals surface area (Å²) < 4.78 is 26.3. The van der Waals surface area contributed by atoms with Crippen molar-refractivity contribution >= 4 is 10.0 Å². The minimum Gasteiger partial charge on any atom is -0.310 e. The van der Waals surface area contributed by atoms with Crippen molar-refractivity contribution < 1.29 is 8.42 Å². The monoisotopic (exact) mass is 296 g/mol. The van der Waals surface area contributed by atoms with Crippen LogP contribution in [0.15, 0.2) is 29.2 Å². The summed E-state index contributed by atoms with van der Waals surface area (Å²) in [5.74, 6) is 0. The first-order valence-corrected chi connectivity index (χ1v) is 8.69. The lowest BCUT2D eigenvalue weighted by Gasteiger charge is -2.23. The maximum absolute atomic E-state index is 12.4. The van der Waals surface area contributed by atoms with Crippen LogP contribution < -0.4 is 5.32 Å². The third-order valence-electron chi connectivity index (χ3n) is 3.98. The first kappa shape index (κ1) is 15.5. The summed E-state index contributed by atoms with van der Waals surface area (Å²) in [6.07, 6.45) is 3.32. The van der Waals surface area contributed by atoms with Gasteiger partial charge in [0.05, 0.1) is 4.90 Å². The van der Waals surface area contributed by atoms with Gasteiger partial charge in [0.15, 0.2) is 0 Å². The fourth-order valence-electron chi connectivity index (χ4n) is 1.99. The third kappa shape index (κ3) is 3.59. The summed E-state index contributed by atoms with van der Waals surface area (Å²) in [4.78, 5) is 0.371. The smallest absolute Gasteiger partial charge is 0.243 e. The van der Waals surface area contributed by atoms with Gasteiger partial charge in [-0.15, -0.1) is 0 Å². The molecule has 1 fully saturated rings. The summed E-state index contributed by atoms with van der Waals surface area (Å²) in [7, 11) is -1.73. The van der Waals surface area contributed by atoms with Crippen LogP contribution in [-0.4, -0.2) is 31.9 Å². The quantitative estimate of drug-likeness (QED) is 0.840. The number of nitrogens with one attached hydrogen (secondary N) is 1. The second kappa shape index (κ2) is 6.24. The van der Waals surface area contributed by atoms with Crippen LogP contribution in [-0.2, 0) is 16.6 Å². The van der Waals surface area contributed by atoms with E-state index in [4.69, 9.17) is 0 Å². The van der Waals surface area contributed by atoms with Crippen molar-refractivity contribution in [3.8, 4) is 0 Å². The molecular weight excluding hydrogens is 272 g/mol. The molecule has 4 nitrogen and oxygen atoms in total. The van der Waals surface area contributed by atoms with E-state index in [9.17, 15) is 8.42 Å². The molecule has 0 spiro atoms. The first-order chi connectivity index (χ1) is 9.45. The molecule has 0 amide bonds. The number of hydrogen-bond donors (Lipinski definition) is 1. The first-order valence-electron chi connectivity index (χ1n) is 7.25. The highest BCUT2D eigenvalue weighted by Crippen LogP contribution is 2.21. The van der Waals surface area contributed by atoms with Crippen molar-refractivity contribution in [3.63, 3.8) is 0 Å². The van der Waals surface area contributed by atoms with Crippen molar-refractivity contribution in [2.75, 3.05) is 7.05 Å². The van der Waals surface area contributed by atoms with Gasteiger partial charge in [-0.05, 0) is 43.9 Å². The molecule has 1 aliphatic carbocycles. The zero-order chi connectivity index (χ0) is 14.8. The maximum atomic E-state index is 12.4. The molecule has 20 heavy (non-hydrogen) atoms. The molecule has 1 atom stereocenters. The van der Waals surface area contributed by atoms with Crippen LogP contribution in [0.2, 0.25) is 0 Å². The average molecular weight is 296 g/mol. The third-order valence-corrected chi connectivity index (χ3v) is 5.97. The summed E-state index contributed by atoms with van der Waals surface area (Å²) >= 11 is 0. The minimum absolute atomic E-state index is 0.0104. The number of nitrogens with zero attached hydrogens (tertiary/aromatic N) is 1. The fourth-order valence-corrected chi connectivity index (χ4v) is 3.42. The van der Waals surface area contributed by atoms with Crippen LogP contribution in [0, 0.1) is 0 Å². The Morgan fingerprint density at radius 2 is 1.90 bits per heavy atom. The zero-order valence-corrected chi connectivity index (χ0v) is 13.3. The van der Waals surface area contributed by atoms with E-state index in [1.165, 1.54) is 17.1 Å². The lowest BCUT2D eigenvalue weighted by Crippen LogP contribution is -2.34. The normalized spacial score (nSPS) is 17.4. The SMILES string of the molecule is CCC(C)N(C)S(=O)(=O)c1ccc(CNC2CC2)cc1. The van der Waals surface area contributed by atoms with Crippen molar-refractivity contribution in [2.24, 2.45) is 0 Å². The van der Waals surface area contributed by atoms with E-state index in [0.717, 1.165) is 18.5 Å². The Morgan fingerprint density at radius 3 is 2.40 bits per heavy atom. The molecule has 0 radical (unpaired) electrons. The molecular formula is C15H24N2O2S. The predicted molar refractivity (Wildman–Crippen MR) is 81.0 cm³/mol. The highest BCUT2D eigenvalue weighted by molar-refractivity contribution is 7.89. The largest absolute Gasteiger partial charge is 0.310 e. The van der Waals surface area contributed by atoms with Gasteiger partial charge in [-0.1, -0.05) is 19.1 Å². The van der Waals surface area contributed by atoms with Crippen molar-refractivity contribution in [1.29, 1.82) is 0 Å². The van der Waals surface area contributed by atoms with E-state index < -0.39 is 10.0 Å². The molecule has 112 valence electrons. The molecule has 1 N–H and O–H groups in total. The van der Waals surface area contributed by atoms with Crippen molar-refractivity contribution in [2.45, 2.75) is 56.6 Å². The Morgan fingerprint density at radius 1 is 1.30 bits per heavy atom. The summed E-state index contributed by atoms with van der Waals surface area (Å²) in [6.45, 7) is 4.72.